The molecule has 1 atom stereocenters. The predicted molar refractivity (Wildman–Crippen MR) is 147 cm³/mol. The third kappa shape index (κ3) is 11.2. The summed E-state index contributed by atoms with van der Waals surface area (Å²) in [6, 6.07) is 12.6. The highest BCUT2D eigenvalue weighted by Crippen LogP contribution is 2.18. The highest BCUT2D eigenvalue weighted by molar-refractivity contribution is 5.91. The maximum absolute atomic E-state index is 13.4. The Bertz CT molecular complexity index is 1100. The lowest BCUT2D eigenvalue weighted by molar-refractivity contribution is -0.144. The lowest BCUT2D eigenvalue weighted by Crippen LogP contribution is -2.49. The summed E-state index contributed by atoms with van der Waals surface area (Å²) in [5.41, 5.74) is 1.56. The van der Waals surface area contributed by atoms with Crippen molar-refractivity contribution in [1.29, 1.82) is 0 Å². The number of nitrogens with zero attached hydrogens (tertiary/aromatic N) is 1. The summed E-state index contributed by atoms with van der Waals surface area (Å²) in [7, 11) is 0. The Morgan fingerprint density at radius 1 is 0.974 bits per heavy atom. The zero-order chi connectivity index (χ0) is 28.8. The molecule has 39 heavy (non-hydrogen) atoms. The predicted octanol–water partition coefficient (Wildman–Crippen LogP) is 4.88. The van der Waals surface area contributed by atoms with Crippen LogP contribution < -0.4 is 10.1 Å². The zero-order valence-electron chi connectivity index (χ0n) is 23.0. The molecule has 2 amide bonds. The minimum Gasteiger partial charge on any atom is -0.489 e. The summed E-state index contributed by atoms with van der Waals surface area (Å²) in [6.45, 7) is 6.83. The van der Waals surface area contributed by atoms with Gasteiger partial charge in [-0.3, -0.25) is 14.4 Å². The first-order valence-electron chi connectivity index (χ1n) is 13.4. The molecular formula is C30H40N2O7. The summed E-state index contributed by atoms with van der Waals surface area (Å²) in [4.78, 5) is 50.4. The quantitative estimate of drug-likeness (QED) is 0.244. The maximum Gasteiger partial charge on any atom is 0.336 e. The molecule has 0 fully saturated rings. The lowest BCUT2D eigenvalue weighted by atomic mass is 10.1. The van der Waals surface area contributed by atoms with E-state index in [-0.39, 0.29) is 31.0 Å². The number of carbonyl (C=O) groups is 4. The molecule has 0 aliphatic carbocycles. The van der Waals surface area contributed by atoms with Gasteiger partial charge in [0.05, 0.1) is 12.0 Å². The van der Waals surface area contributed by atoms with Crippen molar-refractivity contribution < 1.29 is 34.1 Å². The van der Waals surface area contributed by atoms with Crippen LogP contribution in [0.2, 0.25) is 0 Å². The van der Waals surface area contributed by atoms with Crippen molar-refractivity contribution in [2.24, 2.45) is 5.92 Å². The number of rotatable bonds is 17. The molecule has 0 saturated heterocycles. The molecule has 1 unspecified atom stereocenters. The van der Waals surface area contributed by atoms with E-state index in [2.05, 4.69) is 12.2 Å². The van der Waals surface area contributed by atoms with Crippen molar-refractivity contribution in [1.82, 2.24) is 10.2 Å². The van der Waals surface area contributed by atoms with Crippen LogP contribution in [0.1, 0.15) is 80.8 Å². The third-order valence-corrected chi connectivity index (χ3v) is 6.24. The molecule has 0 aliphatic rings. The molecule has 0 spiro atoms. The number of amides is 2. The molecule has 0 heterocycles. The number of carbonyl (C=O) groups excluding carboxylic acids is 2. The Labute approximate surface area is 230 Å². The molecule has 2 aromatic rings. The summed E-state index contributed by atoms with van der Waals surface area (Å²) in [6.07, 6.45) is 3.03. The van der Waals surface area contributed by atoms with Gasteiger partial charge in [-0.25, -0.2) is 4.79 Å². The molecule has 9 nitrogen and oxygen atoms in total. The van der Waals surface area contributed by atoms with Crippen molar-refractivity contribution in [3.05, 3.63) is 65.2 Å². The van der Waals surface area contributed by atoms with E-state index in [4.69, 9.17) is 4.74 Å². The first kappa shape index (κ1) is 31.3. The van der Waals surface area contributed by atoms with Gasteiger partial charge in [-0.15, -0.1) is 0 Å². The van der Waals surface area contributed by atoms with Crippen LogP contribution in [0, 0.1) is 5.92 Å². The van der Waals surface area contributed by atoms with Crippen LogP contribution in [0.4, 0.5) is 0 Å². The first-order valence-corrected chi connectivity index (χ1v) is 13.4. The van der Waals surface area contributed by atoms with Crippen molar-refractivity contribution in [3.8, 4) is 5.75 Å². The number of carboxylic acids is 2. The number of aliphatic carboxylic acids is 1. The average Bonchev–Trinajstić information content (AvgIpc) is 2.90. The molecular weight excluding hydrogens is 500 g/mol. The van der Waals surface area contributed by atoms with Gasteiger partial charge in [0.15, 0.2) is 0 Å². The number of aromatic carboxylic acids is 1. The normalized spacial score (nSPS) is 11.6. The maximum atomic E-state index is 13.4. The van der Waals surface area contributed by atoms with E-state index >= 15 is 0 Å². The van der Waals surface area contributed by atoms with E-state index in [9.17, 15) is 29.4 Å². The molecule has 0 saturated carbocycles. The second-order valence-electron chi connectivity index (χ2n) is 10.0. The molecule has 0 bridgehead atoms. The summed E-state index contributed by atoms with van der Waals surface area (Å²) in [5.74, 6) is -2.07. The van der Waals surface area contributed by atoms with Gasteiger partial charge in [-0.05, 0) is 42.5 Å². The second-order valence-corrected chi connectivity index (χ2v) is 10.0. The van der Waals surface area contributed by atoms with Crippen LogP contribution in [0.3, 0.4) is 0 Å². The van der Waals surface area contributed by atoms with E-state index in [1.54, 1.807) is 35.2 Å². The molecule has 9 heteroatoms. The number of ether oxygens (including phenoxy) is 1. The molecule has 2 aromatic carbocycles. The number of benzene rings is 2. The SMILES string of the molecule is CCCCCN(Cc1ccc(OCc2ccccc2C(=O)O)cc1)C(=O)C(CC(=O)O)NC(=O)CCC(C)C. The first-order chi connectivity index (χ1) is 18.6. The molecule has 2 rings (SSSR count). The monoisotopic (exact) mass is 540 g/mol. The van der Waals surface area contributed by atoms with Gasteiger partial charge in [0.2, 0.25) is 11.8 Å². The van der Waals surface area contributed by atoms with Crippen molar-refractivity contribution in [3.63, 3.8) is 0 Å². The molecule has 0 aromatic heterocycles. The van der Waals surface area contributed by atoms with Crippen LogP contribution in [-0.4, -0.2) is 51.5 Å². The second kappa shape index (κ2) is 16.2. The molecule has 212 valence electrons. The van der Waals surface area contributed by atoms with E-state index < -0.39 is 30.3 Å². The van der Waals surface area contributed by atoms with Gasteiger partial charge in [0.25, 0.3) is 0 Å². The number of hydrogen-bond donors (Lipinski definition) is 3. The van der Waals surface area contributed by atoms with Gasteiger partial charge in [0.1, 0.15) is 18.4 Å². The van der Waals surface area contributed by atoms with E-state index in [1.807, 2.05) is 26.0 Å². The molecule has 0 aliphatic heterocycles. The molecule has 3 N–H and O–H groups in total. The zero-order valence-corrected chi connectivity index (χ0v) is 23.0. The van der Waals surface area contributed by atoms with Crippen molar-refractivity contribution in [2.45, 2.75) is 78.5 Å². The number of hydrogen-bond acceptors (Lipinski definition) is 5. The fourth-order valence-corrected chi connectivity index (χ4v) is 4.03. The Hall–Kier alpha value is -3.88. The summed E-state index contributed by atoms with van der Waals surface area (Å²) >= 11 is 0. The van der Waals surface area contributed by atoms with E-state index in [0.29, 0.717) is 30.2 Å². The van der Waals surface area contributed by atoms with E-state index in [0.717, 1.165) is 24.8 Å². The van der Waals surface area contributed by atoms with Gasteiger partial charge in [-0.2, -0.15) is 0 Å². The minimum atomic E-state index is -1.16. The topological polar surface area (TPSA) is 133 Å². The van der Waals surface area contributed by atoms with Crippen LogP contribution in [-0.2, 0) is 27.5 Å². The Morgan fingerprint density at radius 3 is 2.28 bits per heavy atom. The van der Waals surface area contributed by atoms with Gasteiger partial charge < -0.3 is 25.2 Å². The van der Waals surface area contributed by atoms with Gasteiger partial charge in [-0.1, -0.05) is 63.9 Å². The summed E-state index contributed by atoms with van der Waals surface area (Å²) in [5, 5.41) is 21.4. The smallest absolute Gasteiger partial charge is 0.336 e. The van der Waals surface area contributed by atoms with Crippen LogP contribution in [0.15, 0.2) is 48.5 Å². The minimum absolute atomic E-state index is 0.0941. The molecule has 0 radical (unpaired) electrons. The fraction of sp³-hybridized carbons (Fsp3) is 0.467. The Balaban J connectivity index is 2.11. The van der Waals surface area contributed by atoms with Gasteiger partial charge in [0, 0.05) is 25.1 Å². The van der Waals surface area contributed by atoms with Crippen LogP contribution in [0.25, 0.3) is 0 Å². The highest BCUT2D eigenvalue weighted by atomic mass is 16.5. The largest absolute Gasteiger partial charge is 0.489 e. The fourth-order valence-electron chi connectivity index (χ4n) is 4.03. The van der Waals surface area contributed by atoms with Gasteiger partial charge >= 0.3 is 11.9 Å². The standard InChI is InChI=1S/C30H40N2O7/c1-4-5-8-17-32(29(36)26(18-28(34)35)31-27(33)16-11-21(2)3)19-22-12-14-24(15-13-22)39-20-23-9-6-7-10-25(23)30(37)38/h6-7,9-10,12-15,21,26H,4-5,8,11,16-20H2,1-3H3,(H,31,33)(H,34,35)(H,37,38). The van der Waals surface area contributed by atoms with E-state index in [1.165, 1.54) is 6.07 Å². The lowest BCUT2D eigenvalue weighted by Gasteiger charge is -2.28. The van der Waals surface area contributed by atoms with Crippen LogP contribution in [0.5, 0.6) is 5.75 Å². The van der Waals surface area contributed by atoms with Crippen molar-refractivity contribution in [2.75, 3.05) is 6.54 Å². The van der Waals surface area contributed by atoms with Crippen LogP contribution >= 0.6 is 0 Å². The Kier molecular flexibility index (Phi) is 13.0. The van der Waals surface area contributed by atoms with Crippen molar-refractivity contribution >= 4 is 23.8 Å². The number of nitrogens with one attached hydrogen (secondary N) is 1. The third-order valence-electron chi connectivity index (χ3n) is 6.24. The Morgan fingerprint density at radius 2 is 1.67 bits per heavy atom. The highest BCUT2D eigenvalue weighted by Gasteiger charge is 2.28. The summed E-state index contributed by atoms with van der Waals surface area (Å²) < 4.78 is 5.78. The number of unbranched alkanes of at least 4 members (excludes halogenated alkanes) is 2. The number of carboxylic acid groups (broad SMARTS) is 2. The average molecular weight is 541 g/mol.